The molecule has 2 rings (SSSR count). The lowest BCUT2D eigenvalue weighted by atomic mass is 9.90. The molecule has 19 heavy (non-hydrogen) atoms. The molecule has 0 unspecified atom stereocenters. The van der Waals surface area contributed by atoms with E-state index in [4.69, 9.17) is 5.11 Å². The average Bonchev–Trinajstić information content (AvgIpc) is 2.84. The first-order valence-corrected chi connectivity index (χ1v) is 6.34. The second-order valence-corrected chi connectivity index (χ2v) is 5.52. The first-order chi connectivity index (χ1) is 8.82. The molecule has 1 saturated heterocycles. The minimum absolute atomic E-state index is 0.0730. The summed E-state index contributed by atoms with van der Waals surface area (Å²) in [6.45, 7) is 6.42. The van der Waals surface area contributed by atoms with E-state index in [2.05, 4.69) is 5.10 Å². The van der Waals surface area contributed by atoms with Crippen molar-refractivity contribution in [1.29, 1.82) is 0 Å². The molecule has 0 aromatic carbocycles. The van der Waals surface area contributed by atoms with Crippen molar-refractivity contribution in [3.63, 3.8) is 0 Å². The Bertz CT molecular complexity index is 523. The molecule has 1 N–H and O–H groups in total. The zero-order valence-electron chi connectivity index (χ0n) is 11.5. The van der Waals surface area contributed by atoms with Crippen LogP contribution in [0, 0.1) is 19.3 Å². The number of carbonyl (C=O) groups excluding carboxylic acids is 1. The van der Waals surface area contributed by atoms with Gasteiger partial charge in [-0.3, -0.25) is 14.3 Å². The molecule has 6 nitrogen and oxygen atoms in total. The summed E-state index contributed by atoms with van der Waals surface area (Å²) in [5.74, 6) is -0.912. The number of carbonyl (C=O) groups is 2. The number of aryl methyl sites for hydroxylation is 2. The smallest absolute Gasteiger partial charge is 0.311 e. The van der Waals surface area contributed by atoms with E-state index >= 15 is 0 Å². The van der Waals surface area contributed by atoms with Crippen LogP contribution >= 0.6 is 0 Å². The maximum atomic E-state index is 12.2. The van der Waals surface area contributed by atoms with E-state index in [0.29, 0.717) is 13.0 Å². The van der Waals surface area contributed by atoms with Gasteiger partial charge in [-0.05, 0) is 33.3 Å². The molecule has 0 bridgehead atoms. The van der Waals surface area contributed by atoms with Crippen LogP contribution in [0.3, 0.4) is 0 Å². The molecular formula is C13H19N3O3. The summed E-state index contributed by atoms with van der Waals surface area (Å²) >= 11 is 0. The highest BCUT2D eigenvalue weighted by Crippen LogP contribution is 2.30. The SMILES string of the molecule is Cc1cc(C)n(CC(=O)N2CC[C@](C)(C(=O)O)C2)n1. The highest BCUT2D eigenvalue weighted by atomic mass is 16.4. The number of rotatable bonds is 3. The first kappa shape index (κ1) is 13.6. The summed E-state index contributed by atoms with van der Waals surface area (Å²) in [5, 5.41) is 13.4. The number of aromatic nitrogens is 2. The van der Waals surface area contributed by atoms with E-state index in [0.717, 1.165) is 11.4 Å². The molecule has 2 heterocycles. The monoisotopic (exact) mass is 265 g/mol. The number of nitrogens with zero attached hydrogens (tertiary/aromatic N) is 3. The van der Waals surface area contributed by atoms with Crippen molar-refractivity contribution < 1.29 is 14.7 Å². The van der Waals surface area contributed by atoms with E-state index in [9.17, 15) is 9.59 Å². The van der Waals surface area contributed by atoms with Crippen LogP contribution in [-0.2, 0) is 16.1 Å². The Balaban J connectivity index is 2.03. The highest BCUT2D eigenvalue weighted by molar-refractivity contribution is 5.80. The second-order valence-electron chi connectivity index (χ2n) is 5.52. The van der Waals surface area contributed by atoms with Crippen molar-refractivity contribution in [2.24, 2.45) is 5.41 Å². The molecular weight excluding hydrogens is 246 g/mol. The molecule has 1 aromatic heterocycles. The van der Waals surface area contributed by atoms with Crippen molar-refractivity contribution in [2.75, 3.05) is 13.1 Å². The van der Waals surface area contributed by atoms with Crippen LogP contribution in [0.5, 0.6) is 0 Å². The number of amides is 1. The Morgan fingerprint density at radius 3 is 2.63 bits per heavy atom. The van der Waals surface area contributed by atoms with Gasteiger partial charge in [0.25, 0.3) is 0 Å². The summed E-state index contributed by atoms with van der Waals surface area (Å²) in [4.78, 5) is 24.9. The third-order valence-electron chi connectivity index (χ3n) is 3.73. The molecule has 1 atom stereocenters. The van der Waals surface area contributed by atoms with Gasteiger partial charge in [0.2, 0.25) is 5.91 Å². The zero-order valence-corrected chi connectivity index (χ0v) is 11.5. The minimum atomic E-state index is -0.839. The van der Waals surface area contributed by atoms with Gasteiger partial charge in [-0.25, -0.2) is 0 Å². The number of hydrogen-bond donors (Lipinski definition) is 1. The van der Waals surface area contributed by atoms with Crippen molar-refractivity contribution in [2.45, 2.75) is 33.7 Å². The van der Waals surface area contributed by atoms with Crippen LogP contribution in [-0.4, -0.2) is 44.8 Å². The fourth-order valence-electron chi connectivity index (χ4n) is 2.41. The summed E-state index contributed by atoms with van der Waals surface area (Å²) in [6, 6.07) is 1.92. The van der Waals surface area contributed by atoms with Crippen LogP contribution in [0.25, 0.3) is 0 Å². The summed E-state index contributed by atoms with van der Waals surface area (Å²) in [5.41, 5.74) is 0.998. The van der Waals surface area contributed by atoms with Crippen molar-refractivity contribution >= 4 is 11.9 Å². The zero-order chi connectivity index (χ0) is 14.2. The lowest BCUT2D eigenvalue weighted by molar-refractivity contribution is -0.147. The van der Waals surface area contributed by atoms with Gasteiger partial charge in [-0.1, -0.05) is 0 Å². The molecule has 0 spiro atoms. The predicted molar refractivity (Wildman–Crippen MR) is 68.6 cm³/mol. The van der Waals surface area contributed by atoms with Crippen LogP contribution in [0.2, 0.25) is 0 Å². The second kappa shape index (κ2) is 4.68. The van der Waals surface area contributed by atoms with Crippen LogP contribution in [0.15, 0.2) is 6.07 Å². The quantitative estimate of drug-likeness (QED) is 0.878. The largest absolute Gasteiger partial charge is 0.481 e. The standard InChI is InChI=1S/C13H19N3O3/c1-9-6-10(2)16(14-9)7-11(17)15-5-4-13(3,8-15)12(18)19/h6H,4-5,7-8H2,1-3H3,(H,18,19)/t13-/m0/s1. The third-order valence-corrected chi connectivity index (χ3v) is 3.73. The van der Waals surface area contributed by atoms with Gasteiger partial charge in [-0.2, -0.15) is 5.10 Å². The van der Waals surface area contributed by atoms with Gasteiger partial charge in [0, 0.05) is 18.8 Å². The number of hydrogen-bond acceptors (Lipinski definition) is 3. The van der Waals surface area contributed by atoms with Gasteiger partial charge in [0.15, 0.2) is 0 Å². The Morgan fingerprint density at radius 1 is 1.47 bits per heavy atom. The van der Waals surface area contributed by atoms with Crippen LogP contribution in [0.1, 0.15) is 24.7 Å². The third kappa shape index (κ3) is 2.62. The van der Waals surface area contributed by atoms with E-state index in [1.54, 1.807) is 16.5 Å². The summed E-state index contributed by atoms with van der Waals surface area (Å²) < 4.78 is 1.66. The van der Waals surface area contributed by atoms with E-state index < -0.39 is 11.4 Å². The number of carboxylic acid groups (broad SMARTS) is 1. The number of likely N-dealkylation sites (tertiary alicyclic amines) is 1. The highest BCUT2D eigenvalue weighted by Gasteiger charge is 2.42. The molecule has 0 radical (unpaired) electrons. The molecule has 6 heteroatoms. The lowest BCUT2D eigenvalue weighted by Gasteiger charge is -2.20. The molecule has 0 aliphatic carbocycles. The summed E-state index contributed by atoms with van der Waals surface area (Å²) in [7, 11) is 0. The molecule has 1 aliphatic heterocycles. The fraction of sp³-hybridized carbons (Fsp3) is 0.615. The van der Waals surface area contributed by atoms with Gasteiger partial charge >= 0.3 is 5.97 Å². The first-order valence-electron chi connectivity index (χ1n) is 6.34. The van der Waals surface area contributed by atoms with Gasteiger partial charge in [-0.15, -0.1) is 0 Å². The Hall–Kier alpha value is -1.85. The summed E-state index contributed by atoms with van der Waals surface area (Å²) in [6.07, 6.45) is 0.505. The number of aliphatic carboxylic acids is 1. The molecule has 104 valence electrons. The van der Waals surface area contributed by atoms with E-state index in [1.807, 2.05) is 19.9 Å². The number of carboxylic acids is 1. The van der Waals surface area contributed by atoms with Crippen molar-refractivity contribution in [3.05, 3.63) is 17.5 Å². The Labute approximate surface area is 112 Å². The molecule has 0 saturated carbocycles. The Morgan fingerprint density at radius 2 is 2.16 bits per heavy atom. The van der Waals surface area contributed by atoms with Gasteiger partial charge in [0.05, 0.1) is 11.1 Å². The minimum Gasteiger partial charge on any atom is -0.481 e. The molecule has 1 aromatic rings. The van der Waals surface area contributed by atoms with Gasteiger partial charge < -0.3 is 10.0 Å². The molecule has 1 fully saturated rings. The topological polar surface area (TPSA) is 75.4 Å². The average molecular weight is 265 g/mol. The molecule has 1 amide bonds. The Kier molecular flexibility index (Phi) is 3.34. The van der Waals surface area contributed by atoms with E-state index in [-0.39, 0.29) is 19.0 Å². The van der Waals surface area contributed by atoms with Crippen molar-refractivity contribution in [3.8, 4) is 0 Å². The predicted octanol–water partition coefficient (Wildman–Crippen LogP) is 0.823. The maximum Gasteiger partial charge on any atom is 0.311 e. The van der Waals surface area contributed by atoms with Crippen molar-refractivity contribution in [1.82, 2.24) is 14.7 Å². The lowest BCUT2D eigenvalue weighted by Crippen LogP contribution is -2.36. The normalized spacial score (nSPS) is 22.8. The van der Waals surface area contributed by atoms with E-state index in [1.165, 1.54) is 0 Å². The van der Waals surface area contributed by atoms with Crippen LogP contribution < -0.4 is 0 Å². The fourth-order valence-corrected chi connectivity index (χ4v) is 2.41. The maximum absolute atomic E-state index is 12.2. The van der Waals surface area contributed by atoms with Crippen LogP contribution in [0.4, 0.5) is 0 Å². The molecule has 1 aliphatic rings. The van der Waals surface area contributed by atoms with Gasteiger partial charge in [0.1, 0.15) is 6.54 Å².